The normalized spacial score (nSPS) is 19.8. The molecule has 2 aromatic rings. The minimum atomic E-state index is -1.24. The minimum absolute atomic E-state index is 0.288. The molecule has 144 valence electrons. The molecule has 3 rings (SSSR count). The first-order chi connectivity index (χ1) is 13.1. The fourth-order valence-electron chi connectivity index (χ4n) is 4.32. The predicted molar refractivity (Wildman–Crippen MR) is 107 cm³/mol. The van der Waals surface area contributed by atoms with Crippen LogP contribution in [0, 0.1) is 17.7 Å². The van der Waals surface area contributed by atoms with Crippen LogP contribution >= 0.6 is 0 Å². The smallest absolute Gasteiger partial charge is 0.338 e. The quantitative estimate of drug-likeness (QED) is 0.588. The van der Waals surface area contributed by atoms with Gasteiger partial charge in [0.2, 0.25) is 0 Å². The lowest BCUT2D eigenvalue weighted by atomic mass is 9.78. The van der Waals surface area contributed by atoms with Gasteiger partial charge in [-0.05, 0) is 53.5 Å². The second-order valence-electron chi connectivity index (χ2n) is 7.91. The third kappa shape index (κ3) is 5.18. The van der Waals surface area contributed by atoms with Gasteiger partial charge in [-0.3, -0.25) is 0 Å². The zero-order valence-electron chi connectivity index (χ0n) is 16.1. The SMILES string of the molecule is CCC[C@H]1CC[C@H](CCc2ccc(-c3ccc(C(=O)O)c(F)c3)cc2)CC1. The Kier molecular flexibility index (Phi) is 6.65. The lowest BCUT2D eigenvalue weighted by molar-refractivity contribution is 0.0692. The summed E-state index contributed by atoms with van der Waals surface area (Å²) in [5, 5.41) is 8.93. The van der Waals surface area contributed by atoms with E-state index in [0.29, 0.717) is 5.56 Å². The molecule has 1 fully saturated rings. The molecule has 0 radical (unpaired) electrons. The van der Waals surface area contributed by atoms with Gasteiger partial charge in [-0.2, -0.15) is 0 Å². The van der Waals surface area contributed by atoms with E-state index in [4.69, 9.17) is 5.11 Å². The van der Waals surface area contributed by atoms with Crippen LogP contribution in [-0.2, 0) is 6.42 Å². The van der Waals surface area contributed by atoms with Crippen molar-refractivity contribution in [2.24, 2.45) is 11.8 Å². The molecule has 2 nitrogen and oxygen atoms in total. The summed E-state index contributed by atoms with van der Waals surface area (Å²) >= 11 is 0. The molecule has 0 unspecified atom stereocenters. The number of hydrogen-bond acceptors (Lipinski definition) is 1. The number of hydrogen-bond donors (Lipinski definition) is 1. The van der Waals surface area contributed by atoms with Crippen LogP contribution in [-0.4, -0.2) is 11.1 Å². The molecule has 0 saturated heterocycles. The van der Waals surface area contributed by atoms with Crippen LogP contribution < -0.4 is 0 Å². The molecule has 27 heavy (non-hydrogen) atoms. The maximum absolute atomic E-state index is 13.9. The molecule has 3 heteroatoms. The van der Waals surface area contributed by atoms with Crippen molar-refractivity contribution < 1.29 is 14.3 Å². The van der Waals surface area contributed by atoms with Crippen LogP contribution in [0.4, 0.5) is 4.39 Å². The van der Waals surface area contributed by atoms with E-state index in [1.54, 1.807) is 6.07 Å². The predicted octanol–water partition coefficient (Wildman–Crippen LogP) is 6.73. The Labute approximate surface area is 161 Å². The van der Waals surface area contributed by atoms with E-state index in [9.17, 15) is 9.18 Å². The summed E-state index contributed by atoms with van der Waals surface area (Å²) in [6.07, 6.45) is 10.6. The molecule has 1 saturated carbocycles. The van der Waals surface area contributed by atoms with Gasteiger partial charge in [0.15, 0.2) is 0 Å². The molecule has 0 spiro atoms. The molecule has 0 amide bonds. The number of aromatic carboxylic acids is 1. The summed E-state index contributed by atoms with van der Waals surface area (Å²) in [5.74, 6) is -0.116. The lowest BCUT2D eigenvalue weighted by Crippen LogP contribution is -2.15. The van der Waals surface area contributed by atoms with Crippen LogP contribution in [0.3, 0.4) is 0 Å². The van der Waals surface area contributed by atoms with Crippen molar-refractivity contribution in [1.29, 1.82) is 0 Å². The Hall–Kier alpha value is -2.16. The van der Waals surface area contributed by atoms with Crippen LogP contribution in [0.25, 0.3) is 11.1 Å². The Morgan fingerprint density at radius 2 is 1.56 bits per heavy atom. The zero-order valence-corrected chi connectivity index (χ0v) is 16.1. The molecular formula is C24H29FO2. The number of rotatable bonds is 7. The molecule has 1 aliphatic carbocycles. The fraction of sp³-hybridized carbons (Fsp3) is 0.458. The molecule has 1 N–H and O–H groups in total. The average Bonchev–Trinajstić information content (AvgIpc) is 2.68. The van der Waals surface area contributed by atoms with Gasteiger partial charge in [-0.25, -0.2) is 9.18 Å². The summed E-state index contributed by atoms with van der Waals surface area (Å²) in [4.78, 5) is 10.9. The first kappa shape index (κ1) is 19.6. The topological polar surface area (TPSA) is 37.3 Å². The molecule has 2 aromatic carbocycles. The third-order valence-electron chi connectivity index (χ3n) is 5.99. The Morgan fingerprint density at radius 3 is 2.11 bits per heavy atom. The summed E-state index contributed by atoms with van der Waals surface area (Å²) < 4.78 is 13.9. The van der Waals surface area contributed by atoms with Crippen LogP contribution in [0.1, 0.15) is 67.8 Å². The summed E-state index contributed by atoms with van der Waals surface area (Å²) in [6.45, 7) is 2.28. The van der Waals surface area contributed by atoms with Gasteiger partial charge >= 0.3 is 5.97 Å². The third-order valence-corrected chi connectivity index (χ3v) is 5.99. The second-order valence-corrected chi connectivity index (χ2v) is 7.91. The van der Waals surface area contributed by atoms with Crippen LogP contribution in [0.15, 0.2) is 42.5 Å². The van der Waals surface area contributed by atoms with E-state index in [-0.39, 0.29) is 5.56 Å². The molecule has 0 bridgehead atoms. The Morgan fingerprint density at radius 1 is 0.963 bits per heavy atom. The number of aryl methyl sites for hydroxylation is 1. The number of carboxylic acids is 1. The molecular weight excluding hydrogens is 339 g/mol. The average molecular weight is 368 g/mol. The van der Waals surface area contributed by atoms with E-state index in [2.05, 4.69) is 19.1 Å². The summed E-state index contributed by atoms with van der Waals surface area (Å²) in [5.41, 5.74) is 2.65. The van der Waals surface area contributed by atoms with Gasteiger partial charge in [-0.1, -0.05) is 75.8 Å². The van der Waals surface area contributed by atoms with Gasteiger partial charge in [-0.15, -0.1) is 0 Å². The highest BCUT2D eigenvalue weighted by Gasteiger charge is 2.20. The highest BCUT2D eigenvalue weighted by atomic mass is 19.1. The highest BCUT2D eigenvalue weighted by molar-refractivity contribution is 5.88. The monoisotopic (exact) mass is 368 g/mol. The van der Waals surface area contributed by atoms with Crippen molar-refractivity contribution in [3.63, 3.8) is 0 Å². The van der Waals surface area contributed by atoms with Gasteiger partial charge in [0, 0.05) is 0 Å². The summed E-state index contributed by atoms with van der Waals surface area (Å²) in [6, 6.07) is 12.5. The van der Waals surface area contributed by atoms with Crippen molar-refractivity contribution in [1.82, 2.24) is 0 Å². The van der Waals surface area contributed by atoms with Crippen LogP contribution in [0.2, 0.25) is 0 Å². The van der Waals surface area contributed by atoms with Gasteiger partial charge < -0.3 is 5.11 Å². The number of benzene rings is 2. The molecule has 0 aromatic heterocycles. The minimum Gasteiger partial charge on any atom is -0.478 e. The maximum atomic E-state index is 13.9. The van der Waals surface area contributed by atoms with E-state index >= 15 is 0 Å². The largest absolute Gasteiger partial charge is 0.478 e. The molecule has 1 aliphatic rings. The van der Waals surface area contributed by atoms with Gasteiger partial charge in [0.1, 0.15) is 5.82 Å². The molecule has 0 aliphatic heterocycles. The first-order valence-electron chi connectivity index (χ1n) is 10.2. The number of halogens is 1. The standard InChI is InChI=1S/C24H29FO2/c1-2-3-17-4-6-18(7-5-17)8-9-19-10-12-20(13-11-19)21-14-15-22(24(26)27)23(25)16-21/h10-18H,2-9H2,1H3,(H,26,27)/t17-,18-. The van der Waals surface area contributed by atoms with Crippen molar-refractivity contribution in [3.8, 4) is 11.1 Å². The Balaban J connectivity index is 1.55. The lowest BCUT2D eigenvalue weighted by Gasteiger charge is -2.28. The van der Waals surface area contributed by atoms with Crippen LogP contribution in [0.5, 0.6) is 0 Å². The first-order valence-corrected chi connectivity index (χ1v) is 10.2. The van der Waals surface area contributed by atoms with E-state index in [1.807, 2.05) is 12.1 Å². The van der Waals surface area contributed by atoms with Crippen molar-refractivity contribution >= 4 is 5.97 Å². The van der Waals surface area contributed by atoms with Crippen molar-refractivity contribution in [2.45, 2.75) is 58.3 Å². The fourth-order valence-corrected chi connectivity index (χ4v) is 4.32. The van der Waals surface area contributed by atoms with Gasteiger partial charge in [0.25, 0.3) is 0 Å². The number of carbonyl (C=O) groups is 1. The van der Waals surface area contributed by atoms with Crippen molar-refractivity contribution in [2.75, 3.05) is 0 Å². The molecule has 0 heterocycles. The van der Waals surface area contributed by atoms with E-state index in [0.717, 1.165) is 23.8 Å². The van der Waals surface area contributed by atoms with Gasteiger partial charge in [0.05, 0.1) is 5.56 Å². The van der Waals surface area contributed by atoms with E-state index in [1.165, 1.54) is 62.6 Å². The summed E-state index contributed by atoms with van der Waals surface area (Å²) in [7, 11) is 0. The number of carboxylic acid groups (broad SMARTS) is 1. The zero-order chi connectivity index (χ0) is 19.2. The maximum Gasteiger partial charge on any atom is 0.338 e. The van der Waals surface area contributed by atoms with E-state index < -0.39 is 11.8 Å². The highest BCUT2D eigenvalue weighted by Crippen LogP contribution is 2.34. The second kappa shape index (κ2) is 9.16. The molecule has 0 atom stereocenters. The van der Waals surface area contributed by atoms with Crippen molar-refractivity contribution in [3.05, 3.63) is 59.4 Å². The Bertz CT molecular complexity index is 758.